The first-order valence-corrected chi connectivity index (χ1v) is 4.59. The van der Waals surface area contributed by atoms with Crippen LogP contribution in [0.4, 0.5) is 5.69 Å². The number of rotatable bonds is 1. The van der Waals surface area contributed by atoms with Crippen LogP contribution in [0.15, 0.2) is 24.3 Å². The minimum Gasteiger partial charge on any atom is -0.871 e. The molecule has 0 atom stereocenters. The molecule has 1 aliphatic heterocycles. The van der Waals surface area contributed by atoms with Gasteiger partial charge in [0.1, 0.15) is 0 Å². The molecule has 4 heteroatoms. The van der Waals surface area contributed by atoms with Gasteiger partial charge in [0.05, 0.1) is 0 Å². The number of benzene rings is 1. The average molecular weight is 200 g/mol. The van der Waals surface area contributed by atoms with Gasteiger partial charge in [0.25, 0.3) is 0 Å². The van der Waals surface area contributed by atoms with E-state index in [1.165, 1.54) is 0 Å². The predicted molar refractivity (Wildman–Crippen MR) is 51.0 cm³/mol. The molecule has 1 N–H and O–H groups in total. The van der Waals surface area contributed by atoms with Crippen LogP contribution in [0.2, 0.25) is 0 Å². The Bertz CT molecular complexity index is 287. The largest absolute Gasteiger partial charge is 1.00 e. The Kier molecular flexibility index (Phi) is 4.75. The van der Waals surface area contributed by atoms with Crippen molar-refractivity contribution < 1.29 is 34.7 Å². The van der Waals surface area contributed by atoms with Crippen LogP contribution in [-0.2, 0) is 0 Å². The topological polar surface area (TPSA) is 38.3 Å². The Labute approximate surface area is 106 Å². The summed E-state index contributed by atoms with van der Waals surface area (Å²) in [6, 6.07) is 7.22. The Morgan fingerprint density at radius 3 is 2.43 bits per heavy atom. The fourth-order valence-corrected chi connectivity index (χ4v) is 1.62. The smallest absolute Gasteiger partial charge is 0.871 e. The van der Waals surface area contributed by atoms with Gasteiger partial charge >= 0.3 is 29.6 Å². The third kappa shape index (κ3) is 2.64. The van der Waals surface area contributed by atoms with E-state index in [1.807, 2.05) is 12.1 Å². The molecule has 3 nitrogen and oxygen atoms in total. The van der Waals surface area contributed by atoms with Crippen LogP contribution in [0, 0.1) is 0 Å². The van der Waals surface area contributed by atoms with Gasteiger partial charge in [-0.05, 0) is 6.07 Å². The summed E-state index contributed by atoms with van der Waals surface area (Å²) in [6.07, 6.45) is 0. The molecular formula is C10H13N2NaO. The van der Waals surface area contributed by atoms with Gasteiger partial charge < -0.3 is 15.3 Å². The van der Waals surface area contributed by atoms with Crippen LogP contribution >= 0.6 is 0 Å². The SMILES string of the molecule is [Na+].[O-]c1ccccc1N1CCNCC1. The van der Waals surface area contributed by atoms with Crippen molar-refractivity contribution in [2.45, 2.75) is 0 Å². The van der Waals surface area contributed by atoms with Crippen molar-refractivity contribution in [3.8, 4) is 5.75 Å². The van der Waals surface area contributed by atoms with E-state index in [0.29, 0.717) is 0 Å². The summed E-state index contributed by atoms with van der Waals surface area (Å²) in [5, 5.41) is 14.7. The zero-order valence-corrected chi connectivity index (χ0v) is 10.5. The molecular weight excluding hydrogens is 187 g/mol. The van der Waals surface area contributed by atoms with Gasteiger partial charge in [-0.1, -0.05) is 23.9 Å². The molecule has 0 spiro atoms. The minimum atomic E-state index is 0. The Morgan fingerprint density at radius 2 is 1.79 bits per heavy atom. The number of anilines is 1. The van der Waals surface area contributed by atoms with Gasteiger partial charge in [0, 0.05) is 31.9 Å². The second-order valence-corrected chi connectivity index (χ2v) is 3.20. The Balaban J connectivity index is 0.000000980. The molecule has 1 aromatic rings. The van der Waals surface area contributed by atoms with Gasteiger partial charge in [0.2, 0.25) is 0 Å². The first-order valence-electron chi connectivity index (χ1n) is 4.59. The summed E-state index contributed by atoms with van der Waals surface area (Å²) >= 11 is 0. The number of piperazine rings is 1. The zero-order valence-electron chi connectivity index (χ0n) is 8.49. The molecule has 70 valence electrons. The van der Waals surface area contributed by atoms with Crippen LogP contribution in [-0.4, -0.2) is 26.2 Å². The van der Waals surface area contributed by atoms with Crippen LogP contribution in [0.25, 0.3) is 0 Å². The molecule has 1 fully saturated rings. The van der Waals surface area contributed by atoms with E-state index in [1.54, 1.807) is 12.1 Å². The number of nitrogens with zero attached hydrogens (tertiary/aromatic N) is 1. The molecule has 1 aliphatic rings. The number of para-hydroxylation sites is 2. The third-order valence-electron chi connectivity index (χ3n) is 2.32. The zero-order chi connectivity index (χ0) is 9.10. The van der Waals surface area contributed by atoms with Gasteiger partial charge in [-0.25, -0.2) is 0 Å². The number of hydrogen-bond donors (Lipinski definition) is 1. The standard InChI is InChI=1S/C10H14N2O.Na/c13-10-4-2-1-3-9(10)12-7-5-11-6-8-12;/h1-4,11,13H,5-8H2;/q;+1/p-1. The fraction of sp³-hybridized carbons (Fsp3) is 0.400. The summed E-state index contributed by atoms with van der Waals surface area (Å²) in [5.74, 6) is 0.129. The minimum absolute atomic E-state index is 0. The van der Waals surface area contributed by atoms with Crippen LogP contribution in [0.1, 0.15) is 0 Å². The van der Waals surface area contributed by atoms with Crippen molar-refractivity contribution in [1.82, 2.24) is 5.32 Å². The van der Waals surface area contributed by atoms with Crippen molar-refractivity contribution in [1.29, 1.82) is 0 Å². The van der Waals surface area contributed by atoms with Crippen molar-refractivity contribution in [3.05, 3.63) is 24.3 Å². The molecule has 0 unspecified atom stereocenters. The quantitative estimate of drug-likeness (QED) is 0.497. The molecule has 1 aromatic carbocycles. The van der Waals surface area contributed by atoms with E-state index in [-0.39, 0.29) is 35.3 Å². The molecule has 0 saturated carbocycles. The van der Waals surface area contributed by atoms with E-state index in [0.717, 1.165) is 31.9 Å². The predicted octanol–water partition coefficient (Wildman–Crippen LogP) is -2.83. The maximum atomic E-state index is 11.5. The molecule has 0 radical (unpaired) electrons. The fourth-order valence-electron chi connectivity index (χ4n) is 1.62. The molecule has 0 bridgehead atoms. The van der Waals surface area contributed by atoms with E-state index in [4.69, 9.17) is 0 Å². The van der Waals surface area contributed by atoms with E-state index in [9.17, 15) is 5.11 Å². The monoisotopic (exact) mass is 200 g/mol. The second kappa shape index (κ2) is 5.61. The van der Waals surface area contributed by atoms with Gasteiger partial charge in [-0.3, -0.25) is 0 Å². The summed E-state index contributed by atoms with van der Waals surface area (Å²) in [7, 11) is 0. The molecule has 0 aromatic heterocycles. The normalized spacial score (nSPS) is 16.1. The summed E-state index contributed by atoms with van der Waals surface area (Å²) in [5.41, 5.74) is 0.837. The molecule has 1 saturated heterocycles. The van der Waals surface area contributed by atoms with Crippen LogP contribution in [0.5, 0.6) is 5.75 Å². The van der Waals surface area contributed by atoms with Crippen LogP contribution < -0.4 is 44.9 Å². The van der Waals surface area contributed by atoms with E-state index < -0.39 is 0 Å². The maximum absolute atomic E-state index is 11.5. The van der Waals surface area contributed by atoms with Gasteiger partial charge in [-0.2, -0.15) is 0 Å². The van der Waals surface area contributed by atoms with Crippen molar-refractivity contribution in [2.24, 2.45) is 0 Å². The first kappa shape index (κ1) is 11.9. The van der Waals surface area contributed by atoms with Gasteiger partial charge in [0.15, 0.2) is 0 Å². The average Bonchev–Trinajstić information content (AvgIpc) is 2.20. The maximum Gasteiger partial charge on any atom is 1.00 e. The molecule has 0 amide bonds. The second-order valence-electron chi connectivity index (χ2n) is 3.20. The summed E-state index contributed by atoms with van der Waals surface area (Å²) in [6.45, 7) is 3.79. The third-order valence-corrected chi connectivity index (χ3v) is 2.32. The van der Waals surface area contributed by atoms with Crippen molar-refractivity contribution in [3.63, 3.8) is 0 Å². The van der Waals surface area contributed by atoms with Gasteiger partial charge in [-0.15, -0.1) is 0 Å². The summed E-state index contributed by atoms with van der Waals surface area (Å²) < 4.78 is 0. The van der Waals surface area contributed by atoms with E-state index >= 15 is 0 Å². The van der Waals surface area contributed by atoms with E-state index in [2.05, 4.69) is 10.2 Å². The number of hydrogen-bond acceptors (Lipinski definition) is 3. The molecule has 14 heavy (non-hydrogen) atoms. The first-order chi connectivity index (χ1) is 6.38. The van der Waals surface area contributed by atoms with Crippen molar-refractivity contribution >= 4 is 5.69 Å². The van der Waals surface area contributed by atoms with Crippen LogP contribution in [0.3, 0.4) is 0 Å². The molecule has 2 rings (SSSR count). The number of nitrogens with one attached hydrogen (secondary N) is 1. The van der Waals surface area contributed by atoms with Crippen molar-refractivity contribution in [2.75, 3.05) is 31.1 Å². The Morgan fingerprint density at radius 1 is 1.14 bits per heavy atom. The summed E-state index contributed by atoms with van der Waals surface area (Å²) in [4.78, 5) is 2.14. The molecule has 1 heterocycles. The Hall–Kier alpha value is -0.220. The molecule has 0 aliphatic carbocycles.